The van der Waals surface area contributed by atoms with Crippen molar-refractivity contribution in [1.29, 1.82) is 0 Å². The topological polar surface area (TPSA) is 86.2 Å². The first-order valence-corrected chi connectivity index (χ1v) is 8.81. The fourth-order valence-electron chi connectivity index (χ4n) is 2.47. The largest absolute Gasteiger partial charge is 0.269 e. The molecule has 8 heteroatoms. The van der Waals surface area contributed by atoms with Gasteiger partial charge in [0.15, 0.2) is 0 Å². The fourth-order valence-corrected chi connectivity index (χ4v) is 3.25. The predicted octanol–water partition coefficient (Wildman–Crippen LogP) is 3.99. The zero-order valence-corrected chi connectivity index (χ0v) is 14.3. The van der Waals surface area contributed by atoms with Crippen LogP contribution in [-0.4, -0.2) is 24.5 Å². The first-order chi connectivity index (χ1) is 12.7. The molecule has 0 aliphatic rings. The van der Waals surface area contributed by atoms with Crippen LogP contribution in [0, 0.1) is 10.1 Å². The Bertz CT molecular complexity index is 1060. The lowest BCUT2D eigenvalue weighted by molar-refractivity contribution is -0.384. The van der Waals surface area contributed by atoms with Crippen molar-refractivity contribution >= 4 is 23.2 Å². The zero-order chi connectivity index (χ0) is 17.9. The van der Waals surface area contributed by atoms with Gasteiger partial charge in [-0.3, -0.25) is 10.1 Å². The standard InChI is InChI=1S/C18H13N5O2S/c24-23(25)16-8-6-14(7-9-16)15-10-19-17-20-18(21-22(17)11-15)26-12-13-4-2-1-3-5-13/h1-11H,12H2. The Morgan fingerprint density at radius 3 is 2.54 bits per heavy atom. The van der Waals surface area contributed by atoms with Crippen molar-refractivity contribution in [1.82, 2.24) is 19.6 Å². The van der Waals surface area contributed by atoms with E-state index in [1.54, 1.807) is 34.6 Å². The second kappa shape index (κ2) is 6.93. The van der Waals surface area contributed by atoms with Gasteiger partial charge >= 0.3 is 0 Å². The first-order valence-electron chi connectivity index (χ1n) is 7.83. The summed E-state index contributed by atoms with van der Waals surface area (Å²) in [4.78, 5) is 19.1. The maximum absolute atomic E-state index is 10.8. The number of thioether (sulfide) groups is 1. The summed E-state index contributed by atoms with van der Waals surface area (Å²) in [6.07, 6.45) is 3.51. The van der Waals surface area contributed by atoms with E-state index >= 15 is 0 Å². The molecule has 0 saturated heterocycles. The molecule has 4 rings (SSSR count). The summed E-state index contributed by atoms with van der Waals surface area (Å²) >= 11 is 1.55. The highest BCUT2D eigenvalue weighted by Crippen LogP contribution is 2.23. The molecule has 0 fully saturated rings. The van der Waals surface area contributed by atoms with Crippen LogP contribution in [0.1, 0.15) is 5.56 Å². The van der Waals surface area contributed by atoms with E-state index in [2.05, 4.69) is 27.2 Å². The van der Waals surface area contributed by atoms with Crippen LogP contribution in [0.3, 0.4) is 0 Å². The average Bonchev–Trinajstić information content (AvgIpc) is 3.09. The second-order valence-electron chi connectivity index (χ2n) is 5.56. The highest BCUT2D eigenvalue weighted by atomic mass is 32.2. The molecule has 128 valence electrons. The van der Waals surface area contributed by atoms with Crippen molar-refractivity contribution in [3.05, 3.63) is 82.7 Å². The third-order valence-corrected chi connectivity index (χ3v) is 4.71. The van der Waals surface area contributed by atoms with Gasteiger partial charge in [0, 0.05) is 35.8 Å². The van der Waals surface area contributed by atoms with Crippen LogP contribution in [0.2, 0.25) is 0 Å². The summed E-state index contributed by atoms with van der Waals surface area (Å²) < 4.78 is 1.63. The van der Waals surface area contributed by atoms with Gasteiger partial charge in [-0.15, -0.1) is 5.10 Å². The Balaban J connectivity index is 1.56. The third-order valence-electron chi connectivity index (χ3n) is 3.80. The van der Waals surface area contributed by atoms with Crippen molar-refractivity contribution in [3.8, 4) is 11.1 Å². The Morgan fingerprint density at radius 1 is 1.04 bits per heavy atom. The molecular formula is C18H13N5O2S. The Kier molecular flexibility index (Phi) is 4.32. The van der Waals surface area contributed by atoms with E-state index < -0.39 is 4.92 Å². The minimum atomic E-state index is -0.418. The maximum atomic E-state index is 10.8. The number of aromatic nitrogens is 4. The number of nitrogens with zero attached hydrogens (tertiary/aromatic N) is 5. The predicted molar refractivity (Wildman–Crippen MR) is 98.9 cm³/mol. The Labute approximate surface area is 152 Å². The highest BCUT2D eigenvalue weighted by molar-refractivity contribution is 7.98. The van der Waals surface area contributed by atoms with Crippen LogP contribution >= 0.6 is 11.8 Å². The molecule has 2 heterocycles. The zero-order valence-electron chi connectivity index (χ0n) is 13.5. The summed E-state index contributed by atoms with van der Waals surface area (Å²) in [7, 11) is 0. The van der Waals surface area contributed by atoms with Crippen LogP contribution in [0.4, 0.5) is 5.69 Å². The average molecular weight is 363 g/mol. The highest BCUT2D eigenvalue weighted by Gasteiger charge is 2.09. The fraction of sp³-hybridized carbons (Fsp3) is 0.0556. The van der Waals surface area contributed by atoms with Crippen molar-refractivity contribution in [2.24, 2.45) is 0 Å². The molecule has 0 saturated carbocycles. The van der Waals surface area contributed by atoms with Gasteiger partial charge in [0.25, 0.3) is 11.5 Å². The van der Waals surface area contributed by atoms with E-state index in [0.29, 0.717) is 10.9 Å². The number of hydrogen-bond acceptors (Lipinski definition) is 6. The monoisotopic (exact) mass is 363 g/mol. The molecule has 4 aromatic rings. The second-order valence-corrected chi connectivity index (χ2v) is 6.50. The minimum Gasteiger partial charge on any atom is -0.258 e. The quantitative estimate of drug-likeness (QED) is 0.303. The van der Waals surface area contributed by atoms with E-state index in [1.165, 1.54) is 17.7 Å². The molecule has 0 N–H and O–H groups in total. The van der Waals surface area contributed by atoms with E-state index in [1.807, 2.05) is 24.4 Å². The number of nitro benzene ring substituents is 1. The molecule has 2 aromatic heterocycles. The summed E-state index contributed by atoms with van der Waals surface area (Å²) in [5.74, 6) is 1.30. The first kappa shape index (κ1) is 16.2. The van der Waals surface area contributed by atoms with Gasteiger partial charge in [-0.1, -0.05) is 42.1 Å². The van der Waals surface area contributed by atoms with Crippen molar-refractivity contribution < 1.29 is 4.92 Å². The minimum absolute atomic E-state index is 0.0585. The molecule has 2 aromatic carbocycles. The lowest BCUT2D eigenvalue weighted by Crippen LogP contribution is -1.92. The number of rotatable bonds is 5. The number of non-ortho nitro benzene ring substituents is 1. The summed E-state index contributed by atoms with van der Waals surface area (Å²) in [5, 5.41) is 15.9. The molecule has 0 aliphatic carbocycles. The molecule has 0 spiro atoms. The molecule has 0 radical (unpaired) electrons. The van der Waals surface area contributed by atoms with Crippen molar-refractivity contribution in [2.45, 2.75) is 10.9 Å². The lowest BCUT2D eigenvalue weighted by Gasteiger charge is -2.01. The summed E-state index contributed by atoms with van der Waals surface area (Å²) in [5.41, 5.74) is 2.91. The van der Waals surface area contributed by atoms with E-state index in [4.69, 9.17) is 0 Å². The van der Waals surface area contributed by atoms with Crippen molar-refractivity contribution in [2.75, 3.05) is 0 Å². The van der Waals surface area contributed by atoms with Crippen LogP contribution < -0.4 is 0 Å². The van der Waals surface area contributed by atoms with Crippen LogP contribution in [0.25, 0.3) is 16.9 Å². The number of hydrogen-bond donors (Lipinski definition) is 0. The van der Waals surface area contributed by atoms with Crippen LogP contribution in [0.5, 0.6) is 0 Å². The molecular weight excluding hydrogens is 350 g/mol. The lowest BCUT2D eigenvalue weighted by atomic mass is 10.1. The smallest absolute Gasteiger partial charge is 0.258 e. The molecule has 26 heavy (non-hydrogen) atoms. The number of fused-ring (bicyclic) bond motifs is 1. The normalized spacial score (nSPS) is 10.9. The van der Waals surface area contributed by atoms with Crippen LogP contribution in [-0.2, 0) is 5.75 Å². The molecule has 0 amide bonds. The molecule has 0 unspecified atom stereocenters. The van der Waals surface area contributed by atoms with E-state index in [-0.39, 0.29) is 5.69 Å². The van der Waals surface area contributed by atoms with Gasteiger partial charge in [-0.2, -0.15) is 4.98 Å². The van der Waals surface area contributed by atoms with Crippen LogP contribution in [0.15, 0.2) is 72.1 Å². The molecule has 0 aliphatic heterocycles. The van der Waals surface area contributed by atoms with Gasteiger partial charge in [-0.05, 0) is 23.3 Å². The van der Waals surface area contributed by atoms with E-state index in [0.717, 1.165) is 16.9 Å². The third kappa shape index (κ3) is 3.40. The van der Waals surface area contributed by atoms with E-state index in [9.17, 15) is 10.1 Å². The maximum Gasteiger partial charge on any atom is 0.269 e. The molecule has 0 bridgehead atoms. The SMILES string of the molecule is O=[N+]([O-])c1ccc(-c2cnc3nc(SCc4ccccc4)nn3c2)cc1. The van der Waals surface area contributed by atoms with Gasteiger partial charge < -0.3 is 0 Å². The summed E-state index contributed by atoms with van der Waals surface area (Å²) in [6, 6.07) is 16.5. The Morgan fingerprint density at radius 2 is 1.81 bits per heavy atom. The van der Waals surface area contributed by atoms with Gasteiger partial charge in [0.05, 0.1) is 4.92 Å². The molecule has 7 nitrogen and oxygen atoms in total. The number of nitro groups is 1. The number of benzene rings is 2. The molecule has 0 atom stereocenters. The summed E-state index contributed by atoms with van der Waals surface area (Å²) in [6.45, 7) is 0. The van der Waals surface area contributed by atoms with Gasteiger partial charge in [0.2, 0.25) is 5.16 Å². The Hall–Kier alpha value is -3.26. The van der Waals surface area contributed by atoms with Gasteiger partial charge in [0.1, 0.15) is 0 Å². The van der Waals surface area contributed by atoms with Gasteiger partial charge in [-0.25, -0.2) is 9.50 Å². The van der Waals surface area contributed by atoms with Crippen molar-refractivity contribution in [3.63, 3.8) is 0 Å².